The fourth-order valence-corrected chi connectivity index (χ4v) is 3.25. The summed E-state index contributed by atoms with van der Waals surface area (Å²) >= 11 is 1.33. The second-order valence-corrected chi connectivity index (χ2v) is 6.65. The highest BCUT2D eigenvalue weighted by atomic mass is 32.2. The maximum absolute atomic E-state index is 13.7. The highest BCUT2D eigenvalue weighted by molar-refractivity contribution is 8.00. The number of benzene rings is 2. The Morgan fingerprint density at radius 3 is 2.62 bits per heavy atom. The van der Waals surface area contributed by atoms with E-state index in [0.29, 0.717) is 5.82 Å². The topological polar surface area (TPSA) is 54.9 Å². The van der Waals surface area contributed by atoms with E-state index in [2.05, 4.69) is 15.3 Å². The summed E-state index contributed by atoms with van der Waals surface area (Å²) in [5, 5.41) is 3.83. The van der Waals surface area contributed by atoms with Gasteiger partial charge >= 0.3 is 0 Å². The van der Waals surface area contributed by atoms with Gasteiger partial charge in [0.2, 0.25) is 5.91 Å². The SMILES string of the molecule is Cc1nc(S[C@@H](C)C(=O)Nc2ccccc2F)c2ccccc2n1. The maximum Gasteiger partial charge on any atom is 0.237 e. The Hall–Kier alpha value is -2.47. The average Bonchev–Trinajstić information content (AvgIpc) is 2.56. The molecule has 4 nitrogen and oxygen atoms in total. The molecule has 0 aliphatic heterocycles. The number of aromatic nitrogens is 2. The molecule has 1 N–H and O–H groups in total. The molecule has 0 fully saturated rings. The van der Waals surface area contributed by atoms with Gasteiger partial charge in [0, 0.05) is 5.39 Å². The number of fused-ring (bicyclic) bond motifs is 1. The molecular weight excluding hydrogens is 325 g/mol. The molecule has 122 valence electrons. The molecule has 0 bridgehead atoms. The first-order chi connectivity index (χ1) is 11.5. The summed E-state index contributed by atoms with van der Waals surface area (Å²) in [6.07, 6.45) is 0. The van der Waals surface area contributed by atoms with E-state index in [1.807, 2.05) is 31.2 Å². The Labute approximate surface area is 143 Å². The molecule has 0 radical (unpaired) electrons. The van der Waals surface area contributed by atoms with Crippen molar-refractivity contribution in [2.75, 3.05) is 5.32 Å². The Morgan fingerprint density at radius 1 is 1.12 bits per heavy atom. The summed E-state index contributed by atoms with van der Waals surface area (Å²) in [4.78, 5) is 21.2. The van der Waals surface area contributed by atoms with Crippen molar-refractivity contribution in [1.82, 2.24) is 9.97 Å². The van der Waals surface area contributed by atoms with Crippen LogP contribution in [0.25, 0.3) is 10.9 Å². The maximum atomic E-state index is 13.7. The number of hydrogen-bond acceptors (Lipinski definition) is 4. The number of anilines is 1. The van der Waals surface area contributed by atoms with E-state index >= 15 is 0 Å². The lowest BCUT2D eigenvalue weighted by Gasteiger charge is -2.13. The second kappa shape index (κ2) is 6.97. The van der Waals surface area contributed by atoms with Gasteiger partial charge in [0.15, 0.2) is 0 Å². The summed E-state index contributed by atoms with van der Waals surface area (Å²) in [6, 6.07) is 13.8. The zero-order chi connectivity index (χ0) is 17.1. The number of halogens is 1. The van der Waals surface area contributed by atoms with Gasteiger partial charge in [-0.2, -0.15) is 0 Å². The van der Waals surface area contributed by atoms with Crippen LogP contribution in [0.2, 0.25) is 0 Å². The van der Waals surface area contributed by atoms with Crippen LogP contribution >= 0.6 is 11.8 Å². The van der Waals surface area contributed by atoms with Gasteiger partial charge in [-0.3, -0.25) is 4.79 Å². The van der Waals surface area contributed by atoms with Crippen LogP contribution in [0, 0.1) is 12.7 Å². The van der Waals surface area contributed by atoms with Crippen LogP contribution in [-0.2, 0) is 4.79 Å². The zero-order valence-corrected chi connectivity index (χ0v) is 14.1. The minimum atomic E-state index is -0.452. The molecule has 1 amide bonds. The molecule has 2 aromatic carbocycles. The monoisotopic (exact) mass is 341 g/mol. The Kier molecular flexibility index (Phi) is 4.76. The summed E-state index contributed by atoms with van der Waals surface area (Å²) in [6.45, 7) is 3.59. The fourth-order valence-electron chi connectivity index (χ4n) is 2.27. The van der Waals surface area contributed by atoms with Crippen LogP contribution in [0.3, 0.4) is 0 Å². The van der Waals surface area contributed by atoms with Gasteiger partial charge in [-0.05, 0) is 32.0 Å². The number of hydrogen-bond donors (Lipinski definition) is 1. The van der Waals surface area contributed by atoms with Gasteiger partial charge in [-0.25, -0.2) is 14.4 Å². The van der Waals surface area contributed by atoms with Gasteiger partial charge < -0.3 is 5.32 Å². The van der Waals surface area contributed by atoms with Crippen molar-refractivity contribution in [3.05, 3.63) is 60.2 Å². The minimum absolute atomic E-state index is 0.179. The lowest BCUT2D eigenvalue weighted by Crippen LogP contribution is -2.23. The molecule has 24 heavy (non-hydrogen) atoms. The van der Waals surface area contributed by atoms with Gasteiger partial charge in [-0.1, -0.05) is 42.1 Å². The number of nitrogens with one attached hydrogen (secondary N) is 1. The van der Waals surface area contributed by atoms with E-state index in [4.69, 9.17) is 0 Å². The number of para-hydroxylation sites is 2. The third-order valence-electron chi connectivity index (χ3n) is 3.47. The van der Waals surface area contributed by atoms with Crippen LogP contribution < -0.4 is 5.32 Å². The van der Waals surface area contributed by atoms with Gasteiger partial charge in [0.05, 0.1) is 16.5 Å². The molecule has 0 saturated carbocycles. The first-order valence-corrected chi connectivity index (χ1v) is 8.38. The van der Waals surface area contributed by atoms with Crippen LogP contribution in [0.1, 0.15) is 12.7 Å². The molecule has 6 heteroatoms. The molecule has 1 heterocycles. The number of nitrogens with zero attached hydrogens (tertiary/aromatic N) is 2. The Balaban J connectivity index is 1.81. The largest absolute Gasteiger partial charge is 0.323 e. The summed E-state index contributed by atoms with van der Waals surface area (Å²) in [7, 11) is 0. The van der Waals surface area contributed by atoms with Crippen LogP contribution in [-0.4, -0.2) is 21.1 Å². The normalized spacial score (nSPS) is 12.1. The smallest absolute Gasteiger partial charge is 0.237 e. The van der Waals surface area contributed by atoms with Gasteiger partial charge in [0.25, 0.3) is 0 Å². The molecule has 3 aromatic rings. The quantitative estimate of drug-likeness (QED) is 0.571. The highest BCUT2D eigenvalue weighted by Crippen LogP contribution is 2.29. The van der Waals surface area contributed by atoms with Crippen molar-refractivity contribution < 1.29 is 9.18 Å². The zero-order valence-electron chi connectivity index (χ0n) is 13.3. The molecule has 0 unspecified atom stereocenters. The molecule has 0 aliphatic carbocycles. The fraction of sp³-hybridized carbons (Fsp3) is 0.167. The van der Waals surface area contributed by atoms with Crippen LogP contribution in [0.4, 0.5) is 10.1 Å². The molecule has 0 spiro atoms. The van der Waals surface area contributed by atoms with E-state index in [0.717, 1.165) is 15.9 Å². The van der Waals surface area contributed by atoms with Gasteiger partial charge in [-0.15, -0.1) is 0 Å². The van der Waals surface area contributed by atoms with Crippen molar-refractivity contribution in [1.29, 1.82) is 0 Å². The number of carbonyl (C=O) groups excluding carboxylic acids is 1. The number of amides is 1. The molecule has 3 rings (SSSR count). The van der Waals surface area contributed by atoms with Gasteiger partial charge in [0.1, 0.15) is 16.7 Å². The lowest BCUT2D eigenvalue weighted by molar-refractivity contribution is -0.115. The Bertz CT molecular complexity index is 900. The molecular formula is C18H16FN3OS. The minimum Gasteiger partial charge on any atom is -0.323 e. The van der Waals surface area contributed by atoms with Crippen LogP contribution in [0.5, 0.6) is 0 Å². The van der Waals surface area contributed by atoms with E-state index < -0.39 is 11.1 Å². The van der Waals surface area contributed by atoms with Crippen molar-refractivity contribution in [3.63, 3.8) is 0 Å². The van der Waals surface area contributed by atoms with E-state index in [1.54, 1.807) is 19.1 Å². The molecule has 0 saturated heterocycles. The van der Waals surface area contributed by atoms with Crippen molar-refractivity contribution in [3.8, 4) is 0 Å². The van der Waals surface area contributed by atoms with Crippen molar-refractivity contribution >= 4 is 34.3 Å². The van der Waals surface area contributed by atoms with Crippen molar-refractivity contribution in [2.45, 2.75) is 24.1 Å². The third kappa shape index (κ3) is 3.54. The number of thioether (sulfide) groups is 1. The van der Waals surface area contributed by atoms with E-state index in [-0.39, 0.29) is 11.6 Å². The number of aryl methyl sites for hydroxylation is 1. The first kappa shape index (κ1) is 16.4. The average molecular weight is 341 g/mol. The third-order valence-corrected chi connectivity index (χ3v) is 4.57. The lowest BCUT2D eigenvalue weighted by atomic mass is 10.2. The Morgan fingerprint density at radius 2 is 1.83 bits per heavy atom. The summed E-state index contributed by atoms with van der Waals surface area (Å²) in [5.74, 6) is -0.0743. The molecule has 1 aromatic heterocycles. The summed E-state index contributed by atoms with van der Waals surface area (Å²) < 4.78 is 13.7. The van der Waals surface area contributed by atoms with E-state index in [1.165, 1.54) is 23.9 Å². The number of rotatable bonds is 4. The predicted octanol–water partition coefficient (Wildman–Crippen LogP) is 4.20. The molecule has 0 aliphatic rings. The van der Waals surface area contributed by atoms with Crippen molar-refractivity contribution in [2.24, 2.45) is 0 Å². The first-order valence-electron chi connectivity index (χ1n) is 7.50. The van der Waals surface area contributed by atoms with E-state index in [9.17, 15) is 9.18 Å². The standard InChI is InChI=1S/C18H16FN3OS/c1-11(17(23)22-16-10-6-4-8-14(16)19)24-18-13-7-3-5-9-15(13)20-12(2)21-18/h3-11H,1-2H3,(H,22,23)/t11-/m0/s1. The molecule has 1 atom stereocenters. The van der Waals surface area contributed by atoms with Crippen LogP contribution in [0.15, 0.2) is 53.6 Å². The second-order valence-electron chi connectivity index (χ2n) is 5.32. The summed E-state index contributed by atoms with van der Waals surface area (Å²) in [5.41, 5.74) is 1.02. The predicted molar refractivity (Wildman–Crippen MR) is 94.6 cm³/mol. The number of carbonyl (C=O) groups is 1. The highest BCUT2D eigenvalue weighted by Gasteiger charge is 2.18.